The molecule has 15 heavy (non-hydrogen) atoms. The molecule has 3 N–H and O–H groups in total. The number of para-hydroxylation sites is 1. The molecule has 0 saturated heterocycles. The molecular formula is C12H16N2O. The minimum Gasteiger partial charge on any atom is -0.397 e. The molecule has 0 amide bonds. The number of rotatable bonds is 2. The fourth-order valence-electron chi connectivity index (χ4n) is 1.84. The predicted molar refractivity (Wildman–Crippen MR) is 62.6 cm³/mol. The maximum Gasteiger partial charge on any atom is 0.0769 e. The number of hydrogen-bond donors (Lipinski definition) is 2. The highest BCUT2D eigenvalue weighted by atomic mass is 16.3. The zero-order valence-electron chi connectivity index (χ0n) is 9.07. The van der Waals surface area contributed by atoms with Gasteiger partial charge in [0.15, 0.2) is 0 Å². The van der Waals surface area contributed by atoms with Crippen molar-refractivity contribution in [3.63, 3.8) is 0 Å². The molecule has 1 aromatic carbocycles. The summed E-state index contributed by atoms with van der Waals surface area (Å²) in [7, 11) is 0. The summed E-state index contributed by atoms with van der Waals surface area (Å²) in [5.41, 5.74) is 6.94. The monoisotopic (exact) mass is 204 g/mol. The molecule has 1 aromatic heterocycles. The van der Waals surface area contributed by atoms with Gasteiger partial charge in [0.1, 0.15) is 0 Å². The molecule has 80 valence electrons. The Balaban J connectivity index is 2.53. The number of aromatic nitrogens is 1. The summed E-state index contributed by atoms with van der Waals surface area (Å²) in [4.78, 5) is 0. The fraction of sp³-hybridized carbons (Fsp3) is 0.333. The SMILES string of the molecule is CC(C)(O)Cn1ccc2cccc(N)c21. The molecule has 3 heteroatoms. The number of nitrogens with zero attached hydrogens (tertiary/aromatic N) is 1. The Kier molecular flexibility index (Phi) is 2.20. The van der Waals surface area contributed by atoms with Crippen LogP contribution in [0.4, 0.5) is 5.69 Å². The summed E-state index contributed by atoms with van der Waals surface area (Å²) in [5.74, 6) is 0. The lowest BCUT2D eigenvalue weighted by atomic mass is 10.1. The highest BCUT2D eigenvalue weighted by Crippen LogP contribution is 2.23. The lowest BCUT2D eigenvalue weighted by molar-refractivity contribution is 0.0629. The van der Waals surface area contributed by atoms with E-state index >= 15 is 0 Å². The molecule has 0 saturated carbocycles. The van der Waals surface area contributed by atoms with Crippen LogP contribution in [0, 0.1) is 0 Å². The lowest BCUT2D eigenvalue weighted by Crippen LogP contribution is -2.25. The van der Waals surface area contributed by atoms with E-state index in [9.17, 15) is 5.11 Å². The Labute approximate surface area is 89.1 Å². The Morgan fingerprint density at radius 2 is 2.07 bits per heavy atom. The van der Waals surface area contributed by atoms with Crippen LogP contribution >= 0.6 is 0 Å². The van der Waals surface area contributed by atoms with Crippen LogP contribution in [0.2, 0.25) is 0 Å². The van der Waals surface area contributed by atoms with Gasteiger partial charge in [-0.3, -0.25) is 0 Å². The molecule has 0 atom stereocenters. The van der Waals surface area contributed by atoms with Crippen molar-refractivity contribution < 1.29 is 5.11 Å². The Morgan fingerprint density at radius 3 is 2.73 bits per heavy atom. The molecule has 0 aliphatic heterocycles. The van der Waals surface area contributed by atoms with E-state index in [0.717, 1.165) is 16.6 Å². The minimum absolute atomic E-state index is 0.546. The van der Waals surface area contributed by atoms with Crippen molar-refractivity contribution in [1.29, 1.82) is 0 Å². The van der Waals surface area contributed by atoms with Gasteiger partial charge in [0.2, 0.25) is 0 Å². The molecule has 0 spiro atoms. The van der Waals surface area contributed by atoms with Crippen LogP contribution in [0.5, 0.6) is 0 Å². The van der Waals surface area contributed by atoms with Gasteiger partial charge in [-0.05, 0) is 26.0 Å². The van der Waals surface area contributed by atoms with Crippen molar-refractivity contribution in [3.8, 4) is 0 Å². The van der Waals surface area contributed by atoms with Crippen molar-refractivity contribution in [3.05, 3.63) is 30.5 Å². The molecule has 0 bridgehead atoms. The summed E-state index contributed by atoms with van der Waals surface area (Å²) < 4.78 is 1.99. The van der Waals surface area contributed by atoms with Gasteiger partial charge in [-0.15, -0.1) is 0 Å². The van der Waals surface area contributed by atoms with E-state index in [2.05, 4.69) is 0 Å². The molecule has 2 rings (SSSR count). The maximum absolute atomic E-state index is 9.78. The molecule has 2 aromatic rings. The summed E-state index contributed by atoms with van der Waals surface area (Å²) in [6.07, 6.45) is 1.96. The van der Waals surface area contributed by atoms with Crippen LogP contribution < -0.4 is 5.73 Å². The van der Waals surface area contributed by atoms with E-state index in [1.165, 1.54) is 0 Å². The van der Waals surface area contributed by atoms with E-state index in [4.69, 9.17) is 5.73 Å². The van der Waals surface area contributed by atoms with Crippen molar-refractivity contribution in [2.24, 2.45) is 0 Å². The van der Waals surface area contributed by atoms with Crippen LogP contribution in [0.3, 0.4) is 0 Å². The van der Waals surface area contributed by atoms with E-state index in [0.29, 0.717) is 6.54 Å². The summed E-state index contributed by atoms with van der Waals surface area (Å²) >= 11 is 0. The number of aliphatic hydroxyl groups is 1. The number of nitrogens with two attached hydrogens (primary N) is 1. The van der Waals surface area contributed by atoms with Gasteiger partial charge in [0.25, 0.3) is 0 Å². The standard InChI is InChI=1S/C12H16N2O/c1-12(2,15)8-14-7-6-9-4-3-5-10(13)11(9)14/h3-7,15H,8,13H2,1-2H3. The number of hydrogen-bond acceptors (Lipinski definition) is 2. The lowest BCUT2D eigenvalue weighted by Gasteiger charge is -2.19. The van der Waals surface area contributed by atoms with E-state index < -0.39 is 5.60 Å². The maximum atomic E-state index is 9.78. The quantitative estimate of drug-likeness (QED) is 0.735. The number of benzene rings is 1. The Hall–Kier alpha value is -1.48. The topological polar surface area (TPSA) is 51.2 Å². The number of anilines is 1. The highest BCUT2D eigenvalue weighted by Gasteiger charge is 2.15. The first-order valence-electron chi connectivity index (χ1n) is 5.03. The van der Waals surface area contributed by atoms with E-state index in [1.807, 2.05) is 35.0 Å². The second-order valence-corrected chi connectivity index (χ2v) is 4.54. The van der Waals surface area contributed by atoms with Gasteiger partial charge in [0.05, 0.1) is 23.3 Å². The summed E-state index contributed by atoms with van der Waals surface area (Å²) in [6, 6.07) is 7.85. The van der Waals surface area contributed by atoms with Crippen LogP contribution in [-0.2, 0) is 6.54 Å². The first kappa shape index (κ1) is 10.1. The largest absolute Gasteiger partial charge is 0.397 e. The molecular weight excluding hydrogens is 188 g/mol. The first-order chi connectivity index (χ1) is 6.97. The number of fused-ring (bicyclic) bond motifs is 1. The van der Waals surface area contributed by atoms with Gasteiger partial charge in [-0.1, -0.05) is 12.1 Å². The average molecular weight is 204 g/mol. The third-order valence-electron chi connectivity index (χ3n) is 2.38. The first-order valence-corrected chi connectivity index (χ1v) is 5.03. The van der Waals surface area contributed by atoms with E-state index in [-0.39, 0.29) is 0 Å². The minimum atomic E-state index is -0.728. The molecule has 0 unspecified atom stereocenters. The average Bonchev–Trinajstić information content (AvgIpc) is 2.47. The Bertz CT molecular complexity index is 480. The van der Waals surface area contributed by atoms with Crippen LogP contribution in [0.1, 0.15) is 13.8 Å². The van der Waals surface area contributed by atoms with Crippen molar-refractivity contribution in [1.82, 2.24) is 4.57 Å². The molecule has 0 aliphatic carbocycles. The zero-order valence-corrected chi connectivity index (χ0v) is 9.07. The third kappa shape index (κ3) is 1.97. The normalized spacial score (nSPS) is 12.2. The van der Waals surface area contributed by atoms with Crippen molar-refractivity contribution in [2.75, 3.05) is 5.73 Å². The second kappa shape index (κ2) is 3.28. The van der Waals surface area contributed by atoms with Gasteiger partial charge < -0.3 is 15.4 Å². The second-order valence-electron chi connectivity index (χ2n) is 4.54. The predicted octanol–water partition coefficient (Wildman–Crippen LogP) is 1.99. The molecule has 3 nitrogen and oxygen atoms in total. The zero-order chi connectivity index (χ0) is 11.1. The molecule has 0 aliphatic rings. The molecule has 1 heterocycles. The number of nitrogen functional groups attached to an aromatic ring is 1. The smallest absolute Gasteiger partial charge is 0.0769 e. The summed E-state index contributed by atoms with van der Waals surface area (Å²) in [6.45, 7) is 4.13. The van der Waals surface area contributed by atoms with Gasteiger partial charge in [-0.2, -0.15) is 0 Å². The third-order valence-corrected chi connectivity index (χ3v) is 2.38. The van der Waals surface area contributed by atoms with Crippen molar-refractivity contribution >= 4 is 16.6 Å². The Morgan fingerprint density at radius 1 is 1.33 bits per heavy atom. The van der Waals surface area contributed by atoms with Crippen LogP contribution in [0.25, 0.3) is 10.9 Å². The van der Waals surface area contributed by atoms with Crippen LogP contribution in [-0.4, -0.2) is 15.3 Å². The summed E-state index contributed by atoms with van der Waals surface area (Å²) in [5, 5.41) is 10.9. The fourth-order valence-corrected chi connectivity index (χ4v) is 1.84. The highest BCUT2D eigenvalue weighted by molar-refractivity contribution is 5.90. The van der Waals surface area contributed by atoms with Gasteiger partial charge in [0, 0.05) is 11.6 Å². The van der Waals surface area contributed by atoms with Gasteiger partial charge in [-0.25, -0.2) is 0 Å². The van der Waals surface area contributed by atoms with E-state index in [1.54, 1.807) is 13.8 Å². The van der Waals surface area contributed by atoms with Crippen molar-refractivity contribution in [2.45, 2.75) is 26.0 Å². The molecule has 0 radical (unpaired) electrons. The molecule has 0 fully saturated rings. The van der Waals surface area contributed by atoms with Crippen LogP contribution in [0.15, 0.2) is 30.5 Å². The van der Waals surface area contributed by atoms with Gasteiger partial charge >= 0.3 is 0 Å².